The van der Waals surface area contributed by atoms with Gasteiger partial charge in [-0.1, -0.05) is 32.9 Å². The lowest BCUT2D eigenvalue weighted by atomic mass is 9.72. The summed E-state index contributed by atoms with van der Waals surface area (Å²) in [5, 5.41) is 6.41. The van der Waals surface area contributed by atoms with Crippen LogP contribution in [0, 0.1) is 11.3 Å². The van der Waals surface area contributed by atoms with E-state index in [1.807, 2.05) is 18.2 Å². The number of rotatable bonds is 8. The van der Waals surface area contributed by atoms with E-state index in [4.69, 9.17) is 9.47 Å². The van der Waals surface area contributed by atoms with Crippen molar-refractivity contribution in [2.75, 3.05) is 30.6 Å². The molecule has 3 aromatic rings. The summed E-state index contributed by atoms with van der Waals surface area (Å²) in [6.07, 6.45) is 2.70. The highest BCUT2D eigenvalue weighted by Crippen LogP contribution is 2.44. The highest BCUT2D eigenvalue weighted by Gasteiger charge is 2.34. The van der Waals surface area contributed by atoms with E-state index in [1.165, 1.54) is 30.2 Å². The Bertz CT molecular complexity index is 1380. The zero-order valence-corrected chi connectivity index (χ0v) is 24.5. The summed E-state index contributed by atoms with van der Waals surface area (Å²) in [5.74, 6) is 0.408. The summed E-state index contributed by atoms with van der Waals surface area (Å²) in [5.41, 5.74) is 2.79. The lowest BCUT2D eigenvalue weighted by molar-refractivity contribution is -0.113. The van der Waals surface area contributed by atoms with Crippen molar-refractivity contribution >= 4 is 51.6 Å². The van der Waals surface area contributed by atoms with Gasteiger partial charge in [0.1, 0.15) is 10.8 Å². The molecule has 2 N–H and O–H groups in total. The van der Waals surface area contributed by atoms with Gasteiger partial charge in [-0.3, -0.25) is 9.59 Å². The van der Waals surface area contributed by atoms with Crippen molar-refractivity contribution < 1.29 is 23.9 Å². The van der Waals surface area contributed by atoms with Crippen molar-refractivity contribution in [3.8, 4) is 5.75 Å². The Morgan fingerprint density at radius 2 is 1.82 bits per heavy atom. The van der Waals surface area contributed by atoms with Crippen molar-refractivity contribution in [3.05, 3.63) is 70.1 Å². The largest absolute Gasteiger partial charge is 0.497 e. The number of ether oxygens (including phenoxy) is 2. The van der Waals surface area contributed by atoms with Gasteiger partial charge in [-0.25, -0.2) is 4.79 Å². The average Bonchev–Trinajstić information content (AvgIpc) is 3.28. The van der Waals surface area contributed by atoms with E-state index in [0.717, 1.165) is 34.6 Å². The quantitative estimate of drug-likeness (QED) is 0.233. The van der Waals surface area contributed by atoms with Gasteiger partial charge in [-0.05, 0) is 72.6 Å². The third-order valence-corrected chi connectivity index (χ3v) is 9.09. The molecule has 1 aromatic heterocycles. The van der Waals surface area contributed by atoms with Crippen LogP contribution in [0.2, 0.25) is 0 Å². The molecule has 1 aliphatic carbocycles. The van der Waals surface area contributed by atoms with Crippen LogP contribution in [-0.2, 0) is 22.4 Å². The third kappa shape index (κ3) is 7.02. The number of carbonyl (C=O) groups excluding carboxylic acids is 3. The van der Waals surface area contributed by atoms with Gasteiger partial charge < -0.3 is 20.1 Å². The van der Waals surface area contributed by atoms with Crippen LogP contribution in [0.25, 0.3) is 0 Å². The molecule has 0 aliphatic heterocycles. The molecule has 0 bridgehead atoms. The monoisotopic (exact) mass is 566 g/mol. The van der Waals surface area contributed by atoms with E-state index in [-0.39, 0.29) is 23.0 Å². The Hall–Kier alpha value is -3.30. The van der Waals surface area contributed by atoms with E-state index in [1.54, 1.807) is 37.4 Å². The minimum atomic E-state index is -0.413. The molecule has 1 aliphatic rings. The number of hydrogen-bond acceptors (Lipinski definition) is 7. The van der Waals surface area contributed by atoms with E-state index < -0.39 is 5.97 Å². The molecule has 7 nitrogen and oxygen atoms in total. The first-order valence-electron chi connectivity index (χ1n) is 12.8. The highest BCUT2D eigenvalue weighted by molar-refractivity contribution is 8.00. The number of methoxy groups -OCH3 is 2. The summed E-state index contributed by atoms with van der Waals surface area (Å²) in [4.78, 5) is 40.2. The van der Waals surface area contributed by atoms with Gasteiger partial charge >= 0.3 is 5.97 Å². The van der Waals surface area contributed by atoms with Gasteiger partial charge in [0.05, 0.1) is 25.5 Å². The van der Waals surface area contributed by atoms with Crippen molar-refractivity contribution in [3.63, 3.8) is 0 Å². The maximum absolute atomic E-state index is 12.9. The van der Waals surface area contributed by atoms with Crippen LogP contribution < -0.4 is 15.4 Å². The van der Waals surface area contributed by atoms with Gasteiger partial charge in [0.2, 0.25) is 5.91 Å². The first-order valence-corrected chi connectivity index (χ1v) is 14.6. The molecule has 0 radical (unpaired) electrons. The first-order chi connectivity index (χ1) is 18.6. The normalized spacial score (nSPS) is 14.7. The molecular weight excluding hydrogens is 532 g/mol. The molecule has 0 saturated carbocycles. The van der Waals surface area contributed by atoms with Crippen molar-refractivity contribution in [2.45, 2.75) is 44.9 Å². The molecule has 39 heavy (non-hydrogen) atoms. The number of nitrogens with one attached hydrogen (secondary N) is 2. The predicted octanol–water partition coefficient (Wildman–Crippen LogP) is 6.68. The number of thioether (sulfide) groups is 1. The Kier molecular flexibility index (Phi) is 9.02. The van der Waals surface area contributed by atoms with Gasteiger partial charge in [0.15, 0.2) is 0 Å². The average molecular weight is 567 g/mol. The van der Waals surface area contributed by atoms with E-state index in [0.29, 0.717) is 33.5 Å². The zero-order chi connectivity index (χ0) is 28.2. The number of thiophene rings is 1. The minimum Gasteiger partial charge on any atom is -0.497 e. The van der Waals surface area contributed by atoms with Crippen molar-refractivity contribution in [1.82, 2.24) is 0 Å². The second-order valence-electron chi connectivity index (χ2n) is 10.6. The number of fused-ring (bicyclic) bond motifs is 1. The number of esters is 1. The zero-order valence-electron chi connectivity index (χ0n) is 22.9. The fourth-order valence-corrected chi connectivity index (χ4v) is 6.76. The molecule has 2 amide bonds. The van der Waals surface area contributed by atoms with Crippen molar-refractivity contribution in [1.29, 1.82) is 0 Å². The number of benzene rings is 2. The van der Waals surface area contributed by atoms with Crippen molar-refractivity contribution in [2.24, 2.45) is 11.3 Å². The van der Waals surface area contributed by atoms with Gasteiger partial charge in [-0.15, -0.1) is 23.1 Å². The SMILES string of the molecule is COC(=O)c1c(NC(=O)CSc2cccc(NC(=O)c3cccc(OC)c3)c2)sc2c1CCC(C(C)(C)C)C2. The van der Waals surface area contributed by atoms with Gasteiger partial charge in [0.25, 0.3) is 5.91 Å². The molecule has 1 heterocycles. The fraction of sp³-hybridized carbons (Fsp3) is 0.367. The van der Waals surface area contributed by atoms with Crippen LogP contribution in [0.3, 0.4) is 0 Å². The fourth-order valence-electron chi connectivity index (χ4n) is 4.67. The predicted molar refractivity (Wildman–Crippen MR) is 157 cm³/mol. The number of amides is 2. The Morgan fingerprint density at radius 3 is 2.54 bits per heavy atom. The number of carbonyl (C=O) groups is 3. The summed E-state index contributed by atoms with van der Waals surface area (Å²) >= 11 is 2.84. The van der Waals surface area contributed by atoms with Crippen LogP contribution in [0.1, 0.15) is 58.3 Å². The van der Waals surface area contributed by atoms with Crippen LogP contribution in [-0.4, -0.2) is 37.8 Å². The maximum Gasteiger partial charge on any atom is 0.341 e. The molecule has 2 aromatic carbocycles. The lowest BCUT2D eigenvalue weighted by Gasteiger charge is -2.33. The summed E-state index contributed by atoms with van der Waals surface area (Å²) in [6, 6.07) is 14.3. The molecule has 0 fully saturated rings. The molecule has 1 unspecified atom stereocenters. The Labute approximate surface area is 237 Å². The summed E-state index contributed by atoms with van der Waals surface area (Å²) in [6.45, 7) is 6.74. The molecule has 4 rings (SSSR count). The van der Waals surface area contributed by atoms with E-state index >= 15 is 0 Å². The van der Waals surface area contributed by atoms with Crippen LogP contribution in [0.15, 0.2) is 53.4 Å². The first kappa shape index (κ1) is 28.7. The molecular formula is C30H34N2O5S2. The van der Waals surface area contributed by atoms with Crippen LogP contribution >= 0.6 is 23.1 Å². The van der Waals surface area contributed by atoms with Gasteiger partial charge in [0, 0.05) is 21.0 Å². The third-order valence-electron chi connectivity index (χ3n) is 6.93. The van der Waals surface area contributed by atoms with E-state index in [9.17, 15) is 14.4 Å². The molecule has 0 saturated heterocycles. The molecule has 1 atom stereocenters. The van der Waals surface area contributed by atoms with Crippen LogP contribution in [0.5, 0.6) is 5.75 Å². The van der Waals surface area contributed by atoms with E-state index in [2.05, 4.69) is 31.4 Å². The standard InChI is InChI=1S/C30H34N2O5S2/c1-30(2,3)19-12-13-23-24(15-19)39-28(26(23)29(35)37-5)32-25(33)17-38-22-11-7-9-20(16-22)31-27(34)18-8-6-10-21(14-18)36-4/h6-11,14,16,19H,12-13,15,17H2,1-5H3,(H,31,34)(H,32,33). The number of anilines is 2. The second-order valence-corrected chi connectivity index (χ2v) is 12.7. The molecule has 9 heteroatoms. The molecule has 206 valence electrons. The maximum atomic E-state index is 12.9. The Morgan fingerprint density at radius 1 is 1.05 bits per heavy atom. The molecule has 0 spiro atoms. The summed E-state index contributed by atoms with van der Waals surface area (Å²) < 4.78 is 10.3. The minimum absolute atomic E-state index is 0.154. The second kappa shape index (κ2) is 12.3. The Balaban J connectivity index is 1.41. The van der Waals surface area contributed by atoms with Gasteiger partial charge in [-0.2, -0.15) is 0 Å². The topological polar surface area (TPSA) is 93.7 Å². The lowest BCUT2D eigenvalue weighted by Crippen LogP contribution is -2.26. The highest BCUT2D eigenvalue weighted by atomic mass is 32.2. The number of hydrogen-bond donors (Lipinski definition) is 2. The smallest absolute Gasteiger partial charge is 0.341 e. The van der Waals surface area contributed by atoms with Crippen LogP contribution in [0.4, 0.5) is 10.7 Å². The summed E-state index contributed by atoms with van der Waals surface area (Å²) in [7, 11) is 2.92.